The van der Waals surface area contributed by atoms with Gasteiger partial charge in [-0.05, 0) is 76.3 Å². The van der Waals surface area contributed by atoms with Gasteiger partial charge in [0.25, 0.3) is 0 Å². The molecular weight excluding hydrogens is 714 g/mol. The fraction of sp³-hybridized carbons (Fsp3) is 0.163. The number of fused-ring (bicyclic) bond motifs is 3. The number of esters is 1. The molecule has 0 saturated heterocycles. The van der Waals surface area contributed by atoms with Crippen LogP contribution in [-0.2, 0) is 25.5 Å². The number of anilines is 2. The first-order valence-electron chi connectivity index (χ1n) is 17.1. The molecule has 5 amide bonds. The zero-order valence-electron chi connectivity index (χ0n) is 30.2. The van der Waals surface area contributed by atoms with E-state index >= 15 is 0 Å². The van der Waals surface area contributed by atoms with E-state index in [0.29, 0.717) is 46.7 Å². The van der Waals surface area contributed by atoms with Gasteiger partial charge in [0, 0.05) is 40.4 Å². The molecule has 1 aliphatic rings. The van der Waals surface area contributed by atoms with Gasteiger partial charge >= 0.3 is 12.1 Å². The summed E-state index contributed by atoms with van der Waals surface area (Å²) in [6.45, 7) is 2.05. The first-order chi connectivity index (χ1) is 26.4. The van der Waals surface area contributed by atoms with E-state index in [9.17, 15) is 28.8 Å². The first kappa shape index (κ1) is 43.1. The Bertz CT molecular complexity index is 2090. The third-order valence-corrected chi connectivity index (χ3v) is 8.26. The van der Waals surface area contributed by atoms with Gasteiger partial charge in [0.15, 0.2) is 0 Å². The van der Waals surface area contributed by atoms with Gasteiger partial charge in [-0.15, -0.1) is 0 Å². The van der Waals surface area contributed by atoms with Crippen LogP contribution >= 0.6 is 0 Å². The van der Waals surface area contributed by atoms with Crippen molar-refractivity contribution in [2.24, 2.45) is 17.2 Å². The second kappa shape index (κ2) is 20.8. The SMILES string of the molecule is C.CCC(=O)Nc1cccc(C(N)=O)c1.COC(=O)Nc1cccc(C(N)=O)c1.NC(=O)c1cccc(CC(=O)OCC2c3ccccc3-c3ccccc32)c1. The van der Waals surface area contributed by atoms with Gasteiger partial charge in [-0.1, -0.05) is 87.1 Å². The van der Waals surface area contributed by atoms with Gasteiger partial charge in [-0.25, -0.2) is 4.79 Å². The lowest BCUT2D eigenvalue weighted by atomic mass is 9.98. The Kier molecular flexibility index (Phi) is 16.0. The second-order valence-electron chi connectivity index (χ2n) is 12.1. The molecular formula is C43H45N5O8. The van der Waals surface area contributed by atoms with Crippen LogP contribution < -0.4 is 27.8 Å². The lowest BCUT2D eigenvalue weighted by Gasteiger charge is -2.14. The van der Waals surface area contributed by atoms with Crippen LogP contribution in [-0.4, -0.2) is 49.4 Å². The highest BCUT2D eigenvalue weighted by Gasteiger charge is 2.29. The number of ether oxygens (including phenoxy) is 2. The minimum Gasteiger partial charge on any atom is -0.464 e. The van der Waals surface area contributed by atoms with E-state index in [1.54, 1.807) is 73.7 Å². The highest BCUT2D eigenvalue weighted by atomic mass is 16.5. The van der Waals surface area contributed by atoms with Crippen molar-refractivity contribution < 1.29 is 38.2 Å². The number of nitrogens with one attached hydrogen (secondary N) is 2. The molecule has 0 radical (unpaired) electrons. The molecule has 0 saturated carbocycles. The number of hydrogen-bond acceptors (Lipinski definition) is 8. The lowest BCUT2D eigenvalue weighted by Crippen LogP contribution is -2.15. The van der Waals surface area contributed by atoms with E-state index in [2.05, 4.69) is 39.6 Å². The van der Waals surface area contributed by atoms with Gasteiger partial charge in [0.05, 0.1) is 13.5 Å². The Morgan fingerprint density at radius 3 is 1.55 bits per heavy atom. The highest BCUT2D eigenvalue weighted by molar-refractivity contribution is 5.96. The molecule has 290 valence electrons. The van der Waals surface area contributed by atoms with E-state index in [1.807, 2.05) is 24.3 Å². The fourth-order valence-electron chi connectivity index (χ4n) is 5.59. The molecule has 0 atom stereocenters. The zero-order chi connectivity index (χ0) is 39.9. The minimum absolute atomic E-state index is 0. The number of benzene rings is 5. The summed E-state index contributed by atoms with van der Waals surface area (Å²) < 4.78 is 9.98. The number of rotatable bonds is 10. The molecule has 0 spiro atoms. The van der Waals surface area contributed by atoms with Gasteiger partial charge in [0.2, 0.25) is 23.6 Å². The van der Waals surface area contributed by atoms with Crippen molar-refractivity contribution in [2.75, 3.05) is 24.4 Å². The van der Waals surface area contributed by atoms with Crippen molar-refractivity contribution in [1.82, 2.24) is 0 Å². The maximum Gasteiger partial charge on any atom is 0.411 e. The molecule has 13 nitrogen and oxygen atoms in total. The van der Waals surface area contributed by atoms with Crippen molar-refractivity contribution in [2.45, 2.75) is 33.1 Å². The van der Waals surface area contributed by atoms with Crippen LogP contribution in [0.2, 0.25) is 0 Å². The number of nitrogens with two attached hydrogens (primary N) is 3. The highest BCUT2D eigenvalue weighted by Crippen LogP contribution is 2.44. The summed E-state index contributed by atoms with van der Waals surface area (Å²) in [5, 5.41) is 5.06. The van der Waals surface area contributed by atoms with E-state index in [-0.39, 0.29) is 31.6 Å². The number of hydrogen-bond donors (Lipinski definition) is 5. The minimum atomic E-state index is -0.591. The van der Waals surface area contributed by atoms with Gasteiger partial charge in [-0.2, -0.15) is 0 Å². The first-order valence-corrected chi connectivity index (χ1v) is 17.1. The molecule has 0 heterocycles. The molecule has 0 bridgehead atoms. The molecule has 13 heteroatoms. The predicted octanol–water partition coefficient (Wildman–Crippen LogP) is 6.42. The Morgan fingerprint density at radius 1 is 0.607 bits per heavy atom. The summed E-state index contributed by atoms with van der Waals surface area (Å²) in [7, 11) is 1.26. The Labute approximate surface area is 325 Å². The standard InChI is InChI=1S/C23H19NO3.C10H12N2O2.C9H10N2O3.CH4/c24-23(26)16-7-5-6-15(12-16)13-22(25)27-14-21-19-10-3-1-8-17(19)18-9-2-4-11-20(18)21;1-2-9(13)12-8-5-3-4-7(6-8)10(11)14;1-14-9(13)11-7-4-2-3-6(5-7)8(10)12;/h1-12,21H,13-14H2,(H2,24,26);3-6H,2H2,1H3,(H2,11,14)(H,12,13);2-5H,1H3,(H2,10,12)(H,11,13);1H4. The Hall–Kier alpha value is -7.28. The lowest BCUT2D eigenvalue weighted by molar-refractivity contribution is -0.143. The third-order valence-electron chi connectivity index (χ3n) is 8.26. The van der Waals surface area contributed by atoms with E-state index in [4.69, 9.17) is 21.9 Å². The molecule has 6 rings (SSSR count). The van der Waals surface area contributed by atoms with Gasteiger partial charge < -0.3 is 32.0 Å². The number of carbonyl (C=O) groups excluding carboxylic acids is 6. The molecule has 56 heavy (non-hydrogen) atoms. The average Bonchev–Trinajstić information content (AvgIpc) is 3.51. The van der Waals surface area contributed by atoms with Crippen LogP contribution in [0.25, 0.3) is 11.1 Å². The van der Waals surface area contributed by atoms with Crippen LogP contribution in [0.15, 0.2) is 121 Å². The van der Waals surface area contributed by atoms with E-state index < -0.39 is 23.8 Å². The summed E-state index contributed by atoms with van der Waals surface area (Å²) in [4.78, 5) is 67.1. The van der Waals surface area contributed by atoms with Crippen LogP contribution in [0.3, 0.4) is 0 Å². The van der Waals surface area contributed by atoms with Crippen molar-refractivity contribution in [3.63, 3.8) is 0 Å². The van der Waals surface area contributed by atoms with Crippen LogP contribution in [0, 0.1) is 0 Å². The molecule has 0 aromatic heterocycles. The number of methoxy groups -OCH3 is 1. The average molecular weight is 760 g/mol. The third kappa shape index (κ3) is 12.1. The summed E-state index contributed by atoms with van der Waals surface area (Å²) in [5.74, 6) is -1.93. The largest absolute Gasteiger partial charge is 0.464 e. The maximum absolute atomic E-state index is 12.3. The summed E-state index contributed by atoms with van der Waals surface area (Å²) in [5.41, 5.74) is 23.1. The number of primary amides is 3. The number of amides is 5. The van der Waals surface area contributed by atoms with Crippen molar-refractivity contribution in [1.29, 1.82) is 0 Å². The monoisotopic (exact) mass is 759 g/mol. The molecule has 0 unspecified atom stereocenters. The van der Waals surface area contributed by atoms with Crippen LogP contribution in [0.4, 0.5) is 16.2 Å². The smallest absolute Gasteiger partial charge is 0.411 e. The zero-order valence-corrected chi connectivity index (χ0v) is 30.2. The Balaban J connectivity index is 0.000000247. The molecule has 5 aromatic carbocycles. The maximum atomic E-state index is 12.3. The van der Waals surface area contributed by atoms with E-state index in [1.165, 1.54) is 35.4 Å². The van der Waals surface area contributed by atoms with Crippen molar-refractivity contribution in [3.05, 3.63) is 155 Å². The quantitative estimate of drug-likeness (QED) is 0.0997. The van der Waals surface area contributed by atoms with Crippen molar-refractivity contribution in [3.8, 4) is 11.1 Å². The fourth-order valence-corrected chi connectivity index (χ4v) is 5.59. The molecule has 8 N–H and O–H groups in total. The summed E-state index contributed by atoms with van der Waals surface area (Å²) in [6, 6.07) is 36.0. The summed E-state index contributed by atoms with van der Waals surface area (Å²) in [6.07, 6.45) is -0.0793. The molecule has 5 aromatic rings. The van der Waals surface area contributed by atoms with Crippen molar-refractivity contribution >= 4 is 47.1 Å². The molecule has 1 aliphatic carbocycles. The van der Waals surface area contributed by atoms with Gasteiger partial charge in [0.1, 0.15) is 6.61 Å². The van der Waals surface area contributed by atoms with Crippen LogP contribution in [0.1, 0.15) is 74.5 Å². The van der Waals surface area contributed by atoms with Gasteiger partial charge in [-0.3, -0.25) is 29.3 Å². The summed E-state index contributed by atoms with van der Waals surface area (Å²) >= 11 is 0. The molecule has 0 fully saturated rings. The number of carbonyl (C=O) groups is 6. The predicted molar refractivity (Wildman–Crippen MR) is 215 cm³/mol. The topological polar surface area (TPSA) is 223 Å². The second-order valence-corrected chi connectivity index (χ2v) is 12.1. The van der Waals surface area contributed by atoms with Crippen LogP contribution in [0.5, 0.6) is 0 Å². The normalized spacial score (nSPS) is 10.6. The molecule has 0 aliphatic heterocycles. The van der Waals surface area contributed by atoms with E-state index in [0.717, 1.165) is 0 Å². The Morgan fingerprint density at radius 2 is 1.07 bits per heavy atom.